The van der Waals surface area contributed by atoms with Crippen LogP contribution in [0.5, 0.6) is 17.2 Å². The summed E-state index contributed by atoms with van der Waals surface area (Å²) >= 11 is 0. The van der Waals surface area contributed by atoms with Crippen LogP contribution in [-0.4, -0.2) is 35.9 Å². The first-order valence-electron chi connectivity index (χ1n) is 10.1. The Morgan fingerprint density at radius 3 is 2.16 bits per heavy atom. The minimum atomic E-state index is 0.497. The number of rotatable bonds is 7. The zero-order valence-corrected chi connectivity index (χ0v) is 18.3. The lowest BCUT2D eigenvalue weighted by Crippen LogP contribution is -1.98. The first kappa shape index (κ1) is 20.5. The summed E-state index contributed by atoms with van der Waals surface area (Å²) in [5, 5.41) is 7.81. The van der Waals surface area contributed by atoms with Crippen LogP contribution in [0.15, 0.2) is 54.9 Å². The van der Waals surface area contributed by atoms with E-state index in [0.29, 0.717) is 23.2 Å². The van der Waals surface area contributed by atoms with Crippen LogP contribution in [0.3, 0.4) is 0 Å². The maximum Gasteiger partial charge on any atom is 0.203 e. The average molecular weight is 418 g/mol. The van der Waals surface area contributed by atoms with Crippen molar-refractivity contribution in [1.82, 2.24) is 14.6 Å². The minimum absolute atomic E-state index is 0.497. The van der Waals surface area contributed by atoms with Gasteiger partial charge in [-0.2, -0.15) is 5.10 Å². The van der Waals surface area contributed by atoms with Crippen molar-refractivity contribution in [2.75, 3.05) is 26.6 Å². The van der Waals surface area contributed by atoms with Crippen LogP contribution in [-0.2, 0) is 0 Å². The van der Waals surface area contributed by atoms with Crippen molar-refractivity contribution in [3.05, 3.63) is 60.4 Å². The Hall–Kier alpha value is -3.74. The van der Waals surface area contributed by atoms with Gasteiger partial charge in [-0.3, -0.25) is 0 Å². The SMILES string of the molecule is COc1cc(-c2cnn3ccc(Nc4ccc(C(C)C)cc4)nc23)cc(OC)c1OC. The molecule has 0 bridgehead atoms. The van der Waals surface area contributed by atoms with Crippen LogP contribution >= 0.6 is 0 Å². The summed E-state index contributed by atoms with van der Waals surface area (Å²) < 4.78 is 18.2. The molecule has 4 aromatic rings. The largest absolute Gasteiger partial charge is 0.493 e. The van der Waals surface area contributed by atoms with Crippen LogP contribution in [0.25, 0.3) is 16.8 Å². The molecule has 2 heterocycles. The quantitative estimate of drug-likeness (QED) is 0.440. The van der Waals surface area contributed by atoms with E-state index in [0.717, 1.165) is 28.3 Å². The molecule has 7 heteroatoms. The molecular weight excluding hydrogens is 392 g/mol. The number of hydrogen-bond donors (Lipinski definition) is 1. The number of fused-ring (bicyclic) bond motifs is 1. The number of hydrogen-bond acceptors (Lipinski definition) is 6. The topological polar surface area (TPSA) is 69.9 Å². The van der Waals surface area contributed by atoms with Crippen molar-refractivity contribution in [3.63, 3.8) is 0 Å². The Bertz CT molecular complexity index is 1170. The molecule has 0 saturated heterocycles. The maximum absolute atomic E-state index is 5.49. The molecule has 4 rings (SSSR count). The molecule has 0 radical (unpaired) electrons. The van der Waals surface area contributed by atoms with Gasteiger partial charge in [-0.1, -0.05) is 26.0 Å². The van der Waals surface area contributed by atoms with Gasteiger partial charge in [0.15, 0.2) is 17.1 Å². The third-order valence-electron chi connectivity index (χ3n) is 5.19. The number of methoxy groups -OCH3 is 3. The fraction of sp³-hybridized carbons (Fsp3) is 0.250. The lowest BCUT2D eigenvalue weighted by Gasteiger charge is -2.14. The molecule has 0 amide bonds. The van der Waals surface area contributed by atoms with Crippen molar-refractivity contribution in [2.24, 2.45) is 0 Å². The second-order valence-electron chi connectivity index (χ2n) is 7.45. The molecule has 0 aliphatic carbocycles. The molecule has 0 unspecified atom stereocenters. The normalized spacial score (nSPS) is 11.0. The standard InChI is InChI=1S/C24H26N4O3/c1-15(2)16-6-8-18(9-7-16)26-22-10-11-28-24(27-22)19(14-25-28)17-12-20(29-3)23(31-5)21(13-17)30-4/h6-15H,1-5H3,(H,26,27). The fourth-order valence-corrected chi connectivity index (χ4v) is 3.48. The molecule has 0 aliphatic rings. The Morgan fingerprint density at radius 2 is 1.58 bits per heavy atom. The van der Waals surface area contributed by atoms with Gasteiger partial charge < -0.3 is 19.5 Å². The molecule has 0 fully saturated rings. The summed E-state index contributed by atoms with van der Waals surface area (Å²) in [5.41, 5.74) is 4.73. The monoisotopic (exact) mass is 418 g/mol. The third kappa shape index (κ3) is 3.99. The molecule has 2 aromatic carbocycles. The van der Waals surface area contributed by atoms with E-state index < -0.39 is 0 Å². The van der Waals surface area contributed by atoms with Gasteiger partial charge in [-0.25, -0.2) is 9.50 Å². The second kappa shape index (κ2) is 8.55. The van der Waals surface area contributed by atoms with Crippen molar-refractivity contribution in [2.45, 2.75) is 19.8 Å². The van der Waals surface area contributed by atoms with Crippen LogP contribution in [0.4, 0.5) is 11.5 Å². The fourth-order valence-electron chi connectivity index (χ4n) is 3.48. The van der Waals surface area contributed by atoms with Gasteiger partial charge in [-0.05, 0) is 47.4 Å². The van der Waals surface area contributed by atoms with Gasteiger partial charge in [0, 0.05) is 17.4 Å². The lowest BCUT2D eigenvalue weighted by atomic mass is 10.0. The molecule has 31 heavy (non-hydrogen) atoms. The van der Waals surface area contributed by atoms with E-state index in [2.05, 4.69) is 48.5 Å². The highest BCUT2D eigenvalue weighted by Crippen LogP contribution is 2.41. The Labute approximate surface area is 181 Å². The first-order chi connectivity index (χ1) is 15.0. The van der Waals surface area contributed by atoms with E-state index in [1.807, 2.05) is 24.4 Å². The van der Waals surface area contributed by atoms with Gasteiger partial charge in [0.05, 0.1) is 27.5 Å². The Kier molecular flexibility index (Phi) is 5.66. The molecule has 0 spiro atoms. The summed E-state index contributed by atoms with van der Waals surface area (Å²) in [6.07, 6.45) is 3.67. The first-order valence-corrected chi connectivity index (χ1v) is 10.1. The van der Waals surface area contributed by atoms with E-state index in [-0.39, 0.29) is 0 Å². The predicted molar refractivity (Wildman–Crippen MR) is 122 cm³/mol. The van der Waals surface area contributed by atoms with Crippen molar-refractivity contribution >= 4 is 17.2 Å². The number of ether oxygens (including phenoxy) is 3. The number of nitrogens with zero attached hydrogens (tertiary/aromatic N) is 3. The van der Waals surface area contributed by atoms with E-state index in [1.165, 1.54) is 5.56 Å². The molecule has 0 saturated carbocycles. The van der Waals surface area contributed by atoms with Gasteiger partial charge in [0.1, 0.15) is 5.82 Å². The van der Waals surface area contributed by atoms with Crippen molar-refractivity contribution in [3.8, 4) is 28.4 Å². The number of nitrogens with one attached hydrogen (secondary N) is 1. The second-order valence-corrected chi connectivity index (χ2v) is 7.45. The van der Waals surface area contributed by atoms with E-state index in [1.54, 1.807) is 32.0 Å². The van der Waals surface area contributed by atoms with Crippen molar-refractivity contribution in [1.29, 1.82) is 0 Å². The highest BCUT2D eigenvalue weighted by molar-refractivity contribution is 5.81. The van der Waals surface area contributed by atoms with Crippen LogP contribution in [0.1, 0.15) is 25.3 Å². The maximum atomic E-state index is 5.49. The van der Waals surface area contributed by atoms with E-state index >= 15 is 0 Å². The van der Waals surface area contributed by atoms with Crippen molar-refractivity contribution < 1.29 is 14.2 Å². The number of anilines is 2. The van der Waals surface area contributed by atoms with Gasteiger partial charge >= 0.3 is 0 Å². The van der Waals surface area contributed by atoms with Crippen LogP contribution in [0, 0.1) is 0 Å². The van der Waals surface area contributed by atoms with Gasteiger partial charge in [-0.15, -0.1) is 0 Å². The number of aromatic nitrogens is 3. The Balaban J connectivity index is 1.72. The molecule has 0 aliphatic heterocycles. The van der Waals surface area contributed by atoms with Crippen LogP contribution in [0.2, 0.25) is 0 Å². The lowest BCUT2D eigenvalue weighted by molar-refractivity contribution is 0.324. The summed E-state index contributed by atoms with van der Waals surface area (Å²) in [6, 6.07) is 14.1. The van der Waals surface area contributed by atoms with Gasteiger partial charge in [0.25, 0.3) is 0 Å². The third-order valence-corrected chi connectivity index (χ3v) is 5.19. The molecule has 1 N–H and O–H groups in total. The van der Waals surface area contributed by atoms with E-state index in [9.17, 15) is 0 Å². The summed E-state index contributed by atoms with van der Waals surface area (Å²) in [6.45, 7) is 4.37. The smallest absolute Gasteiger partial charge is 0.203 e. The molecule has 7 nitrogen and oxygen atoms in total. The van der Waals surface area contributed by atoms with Crippen LogP contribution < -0.4 is 19.5 Å². The predicted octanol–water partition coefficient (Wildman–Crippen LogP) is 5.29. The highest BCUT2D eigenvalue weighted by atomic mass is 16.5. The molecule has 160 valence electrons. The van der Waals surface area contributed by atoms with E-state index in [4.69, 9.17) is 19.2 Å². The highest BCUT2D eigenvalue weighted by Gasteiger charge is 2.17. The Morgan fingerprint density at radius 1 is 0.903 bits per heavy atom. The molecule has 2 aromatic heterocycles. The summed E-state index contributed by atoms with van der Waals surface area (Å²) in [4.78, 5) is 4.79. The molecule has 0 atom stereocenters. The zero-order valence-electron chi connectivity index (χ0n) is 18.3. The zero-order chi connectivity index (χ0) is 22.0. The summed E-state index contributed by atoms with van der Waals surface area (Å²) in [5.74, 6) is 2.94. The molecular formula is C24H26N4O3. The minimum Gasteiger partial charge on any atom is -0.493 e. The number of benzene rings is 2. The van der Waals surface area contributed by atoms with Gasteiger partial charge in [0.2, 0.25) is 5.75 Å². The summed E-state index contributed by atoms with van der Waals surface area (Å²) in [7, 11) is 4.78. The average Bonchev–Trinajstić information content (AvgIpc) is 3.21.